The third-order valence-electron chi connectivity index (χ3n) is 5.01. The van der Waals surface area contributed by atoms with Crippen LogP contribution in [0.25, 0.3) is 33.9 Å². The van der Waals surface area contributed by atoms with E-state index >= 15 is 0 Å². The molecule has 0 aliphatic heterocycles. The SMILES string of the molecule is FC(F)(F)c1c[c-]c(-c2ccccn2)cc1.Fc1c(F)c(F)c(-c2cc(-c3ccccn3)[n-]n2)c(F)c1F.[Ir]. The molecular formula is C26H12F8IrN4-2. The minimum Gasteiger partial charge on any atom is -0.573 e. The molecule has 3 heterocycles. The molecule has 0 aliphatic carbocycles. The average Bonchev–Trinajstić information content (AvgIpc) is 3.42. The van der Waals surface area contributed by atoms with Crippen molar-refractivity contribution in [3.05, 3.63) is 114 Å². The first-order chi connectivity index (χ1) is 18.1. The summed E-state index contributed by atoms with van der Waals surface area (Å²) < 4.78 is 104. The van der Waals surface area contributed by atoms with Gasteiger partial charge in [0.05, 0.1) is 11.3 Å². The van der Waals surface area contributed by atoms with Gasteiger partial charge >= 0.3 is 6.18 Å². The molecule has 5 rings (SSSR count). The molecule has 0 atom stereocenters. The van der Waals surface area contributed by atoms with Gasteiger partial charge < -0.3 is 15.2 Å². The fraction of sp³-hybridized carbons (Fsp3) is 0.0385. The second kappa shape index (κ2) is 12.3. The van der Waals surface area contributed by atoms with Crippen molar-refractivity contribution in [1.29, 1.82) is 0 Å². The van der Waals surface area contributed by atoms with E-state index in [1.54, 1.807) is 42.6 Å². The maximum Gasteiger partial charge on any atom is 0.381 e. The Bertz CT molecular complexity index is 1510. The molecule has 39 heavy (non-hydrogen) atoms. The first kappa shape index (κ1) is 29.6. The summed E-state index contributed by atoms with van der Waals surface area (Å²) in [6.45, 7) is 0. The minimum absolute atomic E-state index is 0. The predicted molar refractivity (Wildman–Crippen MR) is 120 cm³/mol. The van der Waals surface area contributed by atoms with E-state index in [1.165, 1.54) is 12.3 Å². The number of rotatable bonds is 3. The molecule has 0 fully saturated rings. The van der Waals surface area contributed by atoms with Gasteiger partial charge in [-0.25, -0.2) is 22.0 Å². The number of aromatic nitrogens is 4. The normalized spacial score (nSPS) is 10.9. The minimum atomic E-state index is -4.32. The van der Waals surface area contributed by atoms with Crippen LogP contribution >= 0.6 is 0 Å². The number of hydrogen-bond donors (Lipinski definition) is 0. The van der Waals surface area contributed by atoms with Crippen LogP contribution in [0.1, 0.15) is 5.56 Å². The van der Waals surface area contributed by atoms with Gasteiger partial charge in [-0.2, -0.15) is 13.2 Å². The van der Waals surface area contributed by atoms with Gasteiger partial charge in [-0.1, -0.05) is 23.9 Å². The Labute approximate surface area is 229 Å². The number of pyridine rings is 2. The van der Waals surface area contributed by atoms with Gasteiger partial charge in [0.1, 0.15) is 0 Å². The van der Waals surface area contributed by atoms with Crippen molar-refractivity contribution < 1.29 is 55.2 Å². The maximum atomic E-state index is 13.7. The monoisotopic (exact) mass is 725 g/mol. The van der Waals surface area contributed by atoms with Crippen LogP contribution in [0.2, 0.25) is 0 Å². The van der Waals surface area contributed by atoms with Crippen LogP contribution in [0, 0.1) is 35.2 Å². The van der Waals surface area contributed by atoms with Crippen LogP contribution in [0.4, 0.5) is 35.1 Å². The summed E-state index contributed by atoms with van der Waals surface area (Å²) in [5.41, 5.74) is -0.624. The molecule has 0 aliphatic rings. The Morgan fingerprint density at radius 3 is 1.72 bits per heavy atom. The van der Waals surface area contributed by atoms with Crippen molar-refractivity contribution in [3.8, 4) is 33.9 Å². The quantitative estimate of drug-likeness (QED) is 0.0869. The number of halogens is 8. The van der Waals surface area contributed by atoms with Crippen molar-refractivity contribution in [1.82, 2.24) is 20.2 Å². The van der Waals surface area contributed by atoms with Crippen LogP contribution in [0.3, 0.4) is 0 Å². The zero-order chi connectivity index (χ0) is 27.4. The summed E-state index contributed by atoms with van der Waals surface area (Å²) in [5, 5.41) is 7.11. The topological polar surface area (TPSA) is 52.8 Å². The van der Waals surface area contributed by atoms with Crippen LogP contribution in [-0.4, -0.2) is 15.1 Å². The molecular weight excluding hydrogens is 713 g/mol. The van der Waals surface area contributed by atoms with Crippen LogP contribution < -0.4 is 5.10 Å². The fourth-order valence-corrected chi connectivity index (χ4v) is 3.17. The molecule has 5 aromatic rings. The Morgan fingerprint density at radius 1 is 0.667 bits per heavy atom. The zero-order valence-electron chi connectivity index (χ0n) is 19.1. The van der Waals surface area contributed by atoms with E-state index < -0.39 is 52.1 Å². The first-order valence-electron chi connectivity index (χ1n) is 10.5. The number of nitrogens with zero attached hydrogens (tertiary/aromatic N) is 4. The van der Waals surface area contributed by atoms with Crippen molar-refractivity contribution in [2.45, 2.75) is 6.18 Å². The predicted octanol–water partition coefficient (Wildman–Crippen LogP) is 7.03. The summed E-state index contributed by atoms with van der Waals surface area (Å²) in [4.78, 5) is 7.98. The van der Waals surface area contributed by atoms with Gasteiger partial charge in [0.15, 0.2) is 23.3 Å². The molecule has 3 aromatic heterocycles. The first-order valence-corrected chi connectivity index (χ1v) is 10.5. The van der Waals surface area contributed by atoms with E-state index in [0.717, 1.165) is 18.2 Å². The molecule has 1 radical (unpaired) electrons. The third-order valence-corrected chi connectivity index (χ3v) is 5.01. The van der Waals surface area contributed by atoms with E-state index in [2.05, 4.69) is 26.2 Å². The van der Waals surface area contributed by atoms with Crippen molar-refractivity contribution >= 4 is 0 Å². The molecule has 0 spiro atoms. The molecule has 0 unspecified atom stereocenters. The van der Waals surface area contributed by atoms with Crippen molar-refractivity contribution in [2.24, 2.45) is 0 Å². The summed E-state index contributed by atoms with van der Waals surface area (Å²) in [7, 11) is 0. The standard InChI is InChI=1S/C14H5F5N3.C12H7F3N.Ir/c15-10-9(11(16)13(18)14(19)12(10)17)8-5-7(21-22-8)6-3-1-2-4-20-6;13-12(14,15)10-6-4-9(5-7-10)11-3-1-2-8-16-11;/h1-5H;1-4,6-8H;/q2*-1;. The Morgan fingerprint density at radius 2 is 1.23 bits per heavy atom. The molecule has 2 aromatic carbocycles. The Hall–Kier alpha value is -3.96. The number of alkyl halides is 3. The van der Waals surface area contributed by atoms with Crippen LogP contribution in [-0.2, 0) is 26.3 Å². The van der Waals surface area contributed by atoms with Gasteiger partial charge in [-0.15, -0.1) is 29.8 Å². The summed E-state index contributed by atoms with van der Waals surface area (Å²) in [6.07, 6.45) is -1.28. The molecule has 0 N–H and O–H groups in total. The van der Waals surface area contributed by atoms with Crippen LogP contribution in [0.15, 0.2) is 73.1 Å². The zero-order valence-corrected chi connectivity index (χ0v) is 21.5. The van der Waals surface area contributed by atoms with E-state index in [4.69, 9.17) is 0 Å². The smallest absolute Gasteiger partial charge is 0.381 e. The summed E-state index contributed by atoms with van der Waals surface area (Å²) in [5.74, 6) is -10.2. The van der Waals surface area contributed by atoms with Gasteiger partial charge in [0.2, 0.25) is 5.82 Å². The maximum absolute atomic E-state index is 13.7. The average molecular weight is 725 g/mol. The molecule has 203 valence electrons. The molecule has 4 nitrogen and oxygen atoms in total. The van der Waals surface area contributed by atoms with E-state index in [9.17, 15) is 35.1 Å². The second-order valence-corrected chi connectivity index (χ2v) is 7.48. The van der Waals surface area contributed by atoms with Gasteiger partial charge in [0.25, 0.3) is 0 Å². The summed E-state index contributed by atoms with van der Waals surface area (Å²) >= 11 is 0. The molecule has 13 heteroatoms. The van der Waals surface area contributed by atoms with E-state index in [1.807, 2.05) is 0 Å². The molecule has 0 bridgehead atoms. The fourth-order valence-electron chi connectivity index (χ4n) is 3.17. The van der Waals surface area contributed by atoms with Crippen molar-refractivity contribution in [2.75, 3.05) is 0 Å². The van der Waals surface area contributed by atoms with E-state index in [-0.39, 0.29) is 25.8 Å². The van der Waals surface area contributed by atoms with Gasteiger partial charge in [0, 0.05) is 38.2 Å². The number of hydrogen-bond acceptors (Lipinski definition) is 3. The number of benzene rings is 2. The third kappa shape index (κ3) is 6.55. The van der Waals surface area contributed by atoms with E-state index in [0.29, 0.717) is 17.0 Å². The molecule has 0 saturated carbocycles. The molecule has 0 amide bonds. The van der Waals surface area contributed by atoms with Crippen molar-refractivity contribution in [3.63, 3.8) is 0 Å². The summed E-state index contributed by atoms with van der Waals surface area (Å²) in [6, 6.07) is 17.1. The van der Waals surface area contributed by atoms with Crippen LogP contribution in [0.5, 0.6) is 0 Å². The Kier molecular flexibility index (Phi) is 9.31. The largest absolute Gasteiger partial charge is 0.573 e. The van der Waals surface area contributed by atoms with Gasteiger partial charge in [-0.05, 0) is 35.5 Å². The van der Waals surface area contributed by atoms with Gasteiger partial charge in [-0.3, -0.25) is 4.98 Å². The molecule has 0 saturated heterocycles. The Balaban J connectivity index is 0.000000220. The second-order valence-electron chi connectivity index (χ2n) is 7.48.